The number of carbonyl (C=O) groups is 3. The van der Waals surface area contributed by atoms with Crippen LogP contribution < -0.4 is 10.6 Å². The summed E-state index contributed by atoms with van der Waals surface area (Å²) in [7, 11) is 0. The third-order valence-electron chi connectivity index (χ3n) is 7.24. The number of aliphatic hydroxyl groups is 1. The molecular formula is C27H32N2O6. The Morgan fingerprint density at radius 1 is 1.00 bits per heavy atom. The molecule has 1 unspecified atom stereocenters. The van der Waals surface area contributed by atoms with Gasteiger partial charge in [0.1, 0.15) is 12.6 Å². The average molecular weight is 481 g/mol. The number of benzene rings is 2. The highest BCUT2D eigenvalue weighted by molar-refractivity contribution is 5.86. The van der Waals surface area contributed by atoms with Crippen molar-refractivity contribution in [1.29, 1.82) is 0 Å². The van der Waals surface area contributed by atoms with Crippen LogP contribution >= 0.6 is 0 Å². The van der Waals surface area contributed by atoms with Crippen LogP contribution in [0.3, 0.4) is 0 Å². The molecule has 0 spiro atoms. The topological polar surface area (TPSA) is 125 Å². The maximum atomic E-state index is 12.8. The number of hydrogen-bond donors (Lipinski definition) is 4. The van der Waals surface area contributed by atoms with Gasteiger partial charge in [-0.05, 0) is 41.5 Å². The number of carboxylic acid groups (broad SMARTS) is 1. The highest BCUT2D eigenvalue weighted by Crippen LogP contribution is 2.44. The SMILES string of the molecule is O=C(O)CCC(NC(=O)OCC1c2ccccc2-c2ccccc21)C(=O)NCC1(CO)CCCC1. The van der Waals surface area contributed by atoms with Crippen LogP contribution in [0, 0.1) is 5.41 Å². The standard InChI is InChI=1S/C27H32N2O6/c30-17-27(13-5-6-14-27)16-28-25(33)23(11-12-24(31)32)29-26(34)35-15-22-20-9-3-1-7-18(20)19-8-2-4-10-21(19)22/h1-4,7-10,22-23,30H,5-6,11-17H2,(H,28,33)(H,29,34)(H,31,32). The Bertz CT molecular complexity index is 1030. The van der Waals surface area contributed by atoms with Gasteiger partial charge in [0.25, 0.3) is 0 Å². The Labute approximate surface area is 204 Å². The summed E-state index contributed by atoms with van der Waals surface area (Å²) in [5.41, 5.74) is 4.03. The summed E-state index contributed by atoms with van der Waals surface area (Å²) in [4.78, 5) is 36.6. The quantitative estimate of drug-likeness (QED) is 0.413. The lowest BCUT2D eigenvalue weighted by molar-refractivity contribution is -0.137. The first-order valence-corrected chi connectivity index (χ1v) is 12.1. The zero-order valence-corrected chi connectivity index (χ0v) is 19.7. The molecule has 4 rings (SSSR count). The number of carboxylic acids is 1. The first-order chi connectivity index (χ1) is 16.9. The van der Waals surface area contributed by atoms with Crippen molar-refractivity contribution in [2.24, 2.45) is 5.41 Å². The van der Waals surface area contributed by atoms with Gasteiger partial charge in [0.15, 0.2) is 0 Å². The van der Waals surface area contributed by atoms with Gasteiger partial charge in [0.2, 0.25) is 5.91 Å². The van der Waals surface area contributed by atoms with Crippen LogP contribution in [0.5, 0.6) is 0 Å². The van der Waals surface area contributed by atoms with E-state index in [4.69, 9.17) is 9.84 Å². The second kappa shape index (κ2) is 10.9. The zero-order valence-electron chi connectivity index (χ0n) is 19.7. The molecule has 2 amide bonds. The largest absolute Gasteiger partial charge is 0.481 e. The highest BCUT2D eigenvalue weighted by atomic mass is 16.5. The summed E-state index contributed by atoms with van der Waals surface area (Å²) < 4.78 is 5.53. The van der Waals surface area contributed by atoms with Gasteiger partial charge in [-0.3, -0.25) is 9.59 Å². The summed E-state index contributed by atoms with van der Waals surface area (Å²) in [6.45, 7) is 0.367. The van der Waals surface area contributed by atoms with Crippen molar-refractivity contribution in [3.63, 3.8) is 0 Å². The second-order valence-corrected chi connectivity index (χ2v) is 9.54. The van der Waals surface area contributed by atoms with Crippen molar-refractivity contribution in [3.05, 3.63) is 59.7 Å². The van der Waals surface area contributed by atoms with Crippen LogP contribution in [0.25, 0.3) is 11.1 Å². The second-order valence-electron chi connectivity index (χ2n) is 9.54. The fraction of sp³-hybridized carbons (Fsp3) is 0.444. The summed E-state index contributed by atoms with van der Waals surface area (Å²) in [6.07, 6.45) is 2.54. The molecule has 186 valence electrons. The molecule has 1 saturated carbocycles. The van der Waals surface area contributed by atoms with E-state index in [0.29, 0.717) is 0 Å². The van der Waals surface area contributed by atoms with Crippen LogP contribution in [-0.2, 0) is 14.3 Å². The number of amides is 2. The van der Waals surface area contributed by atoms with Crippen molar-refractivity contribution >= 4 is 18.0 Å². The van der Waals surface area contributed by atoms with Gasteiger partial charge in [0.05, 0.1) is 6.61 Å². The molecule has 0 heterocycles. The molecule has 0 radical (unpaired) electrons. The third-order valence-corrected chi connectivity index (χ3v) is 7.24. The average Bonchev–Trinajstić information content (AvgIpc) is 3.47. The van der Waals surface area contributed by atoms with Crippen LogP contribution in [0.4, 0.5) is 4.79 Å². The van der Waals surface area contributed by atoms with Gasteiger partial charge in [-0.15, -0.1) is 0 Å². The fourth-order valence-electron chi connectivity index (χ4n) is 5.23. The van der Waals surface area contributed by atoms with E-state index in [1.165, 1.54) is 0 Å². The number of fused-ring (bicyclic) bond motifs is 3. The van der Waals surface area contributed by atoms with E-state index in [-0.39, 0.29) is 43.9 Å². The van der Waals surface area contributed by atoms with Crippen molar-refractivity contribution in [2.45, 2.75) is 50.5 Å². The minimum absolute atomic E-state index is 0.0210. The molecule has 1 atom stereocenters. The fourth-order valence-corrected chi connectivity index (χ4v) is 5.23. The lowest BCUT2D eigenvalue weighted by Gasteiger charge is -2.28. The van der Waals surface area contributed by atoms with E-state index in [0.717, 1.165) is 47.9 Å². The van der Waals surface area contributed by atoms with Crippen LogP contribution in [-0.4, -0.2) is 54.0 Å². The molecule has 0 aromatic heterocycles. The van der Waals surface area contributed by atoms with E-state index in [2.05, 4.69) is 10.6 Å². The van der Waals surface area contributed by atoms with Gasteiger partial charge < -0.3 is 25.6 Å². The molecule has 0 aliphatic heterocycles. The van der Waals surface area contributed by atoms with Crippen LogP contribution in [0.1, 0.15) is 55.6 Å². The zero-order chi connectivity index (χ0) is 24.8. The first kappa shape index (κ1) is 24.7. The Kier molecular flexibility index (Phi) is 7.70. The highest BCUT2D eigenvalue weighted by Gasteiger charge is 2.35. The number of hydrogen-bond acceptors (Lipinski definition) is 5. The van der Waals surface area contributed by atoms with Gasteiger partial charge in [0, 0.05) is 24.3 Å². The predicted molar refractivity (Wildman–Crippen MR) is 130 cm³/mol. The van der Waals surface area contributed by atoms with Crippen molar-refractivity contribution in [1.82, 2.24) is 10.6 Å². The van der Waals surface area contributed by atoms with E-state index in [1.807, 2.05) is 48.5 Å². The predicted octanol–water partition coefficient (Wildman–Crippen LogP) is 3.43. The molecule has 0 bridgehead atoms. The lowest BCUT2D eigenvalue weighted by Crippen LogP contribution is -2.50. The number of ether oxygens (including phenoxy) is 1. The number of aliphatic hydroxyl groups excluding tert-OH is 1. The molecule has 0 saturated heterocycles. The Balaban J connectivity index is 1.38. The van der Waals surface area contributed by atoms with Crippen molar-refractivity contribution < 1.29 is 29.3 Å². The van der Waals surface area contributed by atoms with E-state index in [1.54, 1.807) is 0 Å². The maximum absolute atomic E-state index is 12.8. The summed E-state index contributed by atoms with van der Waals surface area (Å²) in [5.74, 6) is -1.65. The number of aliphatic carboxylic acids is 1. The number of rotatable bonds is 10. The lowest BCUT2D eigenvalue weighted by atomic mass is 9.87. The van der Waals surface area contributed by atoms with Gasteiger partial charge in [-0.25, -0.2) is 4.79 Å². The smallest absolute Gasteiger partial charge is 0.407 e. The Morgan fingerprint density at radius 3 is 2.17 bits per heavy atom. The Morgan fingerprint density at radius 2 is 1.60 bits per heavy atom. The number of nitrogens with one attached hydrogen (secondary N) is 2. The molecule has 2 aliphatic carbocycles. The van der Waals surface area contributed by atoms with Gasteiger partial charge >= 0.3 is 12.1 Å². The minimum Gasteiger partial charge on any atom is -0.481 e. The summed E-state index contributed by atoms with van der Waals surface area (Å²) >= 11 is 0. The molecule has 2 aromatic rings. The molecule has 2 aliphatic rings. The molecule has 8 heteroatoms. The van der Waals surface area contributed by atoms with E-state index in [9.17, 15) is 19.5 Å². The molecule has 1 fully saturated rings. The normalized spacial score (nSPS) is 16.7. The third kappa shape index (κ3) is 5.65. The molecular weight excluding hydrogens is 448 g/mol. The number of alkyl carbamates (subject to hydrolysis) is 1. The summed E-state index contributed by atoms with van der Waals surface area (Å²) in [5, 5.41) is 24.2. The van der Waals surface area contributed by atoms with Crippen LogP contribution in [0.2, 0.25) is 0 Å². The van der Waals surface area contributed by atoms with Gasteiger partial charge in [-0.1, -0.05) is 61.4 Å². The maximum Gasteiger partial charge on any atom is 0.407 e. The van der Waals surface area contributed by atoms with Crippen molar-refractivity contribution in [3.8, 4) is 11.1 Å². The van der Waals surface area contributed by atoms with E-state index >= 15 is 0 Å². The van der Waals surface area contributed by atoms with Gasteiger partial charge in [-0.2, -0.15) is 0 Å². The molecule has 2 aromatic carbocycles. The molecule has 4 N–H and O–H groups in total. The number of carbonyl (C=O) groups excluding carboxylic acids is 2. The minimum atomic E-state index is -1.06. The monoisotopic (exact) mass is 480 g/mol. The molecule has 8 nitrogen and oxygen atoms in total. The molecule has 35 heavy (non-hydrogen) atoms. The van der Waals surface area contributed by atoms with E-state index < -0.39 is 24.0 Å². The first-order valence-electron chi connectivity index (χ1n) is 12.1. The summed E-state index contributed by atoms with van der Waals surface area (Å²) in [6, 6.07) is 14.9. The van der Waals surface area contributed by atoms with Crippen LogP contribution in [0.15, 0.2) is 48.5 Å². The Hall–Kier alpha value is -3.39. The van der Waals surface area contributed by atoms with Crippen molar-refractivity contribution in [2.75, 3.05) is 19.8 Å².